The summed E-state index contributed by atoms with van der Waals surface area (Å²) in [5, 5.41) is 0.0463. The van der Waals surface area contributed by atoms with Gasteiger partial charge in [0.25, 0.3) is 0 Å². The summed E-state index contributed by atoms with van der Waals surface area (Å²) in [6.45, 7) is 1.20. The minimum absolute atomic E-state index is 0.00787. The first-order chi connectivity index (χ1) is 9.74. The Hall–Kier alpha value is -2.44. The van der Waals surface area contributed by atoms with E-state index < -0.39 is 23.5 Å². The van der Waals surface area contributed by atoms with Crippen LogP contribution in [0.1, 0.15) is 33.3 Å². The van der Waals surface area contributed by atoms with E-state index in [1.54, 1.807) is 0 Å². The van der Waals surface area contributed by atoms with E-state index in [1.165, 1.54) is 6.92 Å². The number of aromatic nitrogens is 1. The molecule has 0 atom stereocenters. The van der Waals surface area contributed by atoms with Crippen molar-refractivity contribution in [3.8, 4) is 0 Å². The Balaban J connectivity index is 2.76. The number of rotatable bonds is 2. The maximum atomic E-state index is 12.7. The lowest BCUT2D eigenvalue weighted by molar-refractivity contribution is -0.137. The maximum absolute atomic E-state index is 12.7. The van der Waals surface area contributed by atoms with Crippen molar-refractivity contribution in [1.29, 1.82) is 0 Å². The molecule has 1 aromatic heterocycles. The van der Waals surface area contributed by atoms with Crippen LogP contribution in [0.2, 0.25) is 0 Å². The second kappa shape index (κ2) is 5.16. The van der Waals surface area contributed by atoms with Crippen LogP contribution in [0, 0.1) is 0 Å². The van der Waals surface area contributed by atoms with E-state index in [4.69, 9.17) is 0 Å². The number of hydrogen-bond acceptors (Lipinski definition) is 4. The van der Waals surface area contributed by atoms with Crippen LogP contribution in [0.5, 0.6) is 0 Å². The molecule has 0 amide bonds. The van der Waals surface area contributed by atoms with E-state index in [0.29, 0.717) is 0 Å². The number of nitrogens with zero attached hydrogens (tertiary/aromatic N) is 1. The molecule has 0 aliphatic carbocycles. The molecule has 0 aliphatic heterocycles. The number of ether oxygens (including phenoxy) is 1. The standard InChI is InChI=1S/C14H10F3NO3/c1-7(19)9-6-12(13(20)21-2)18-11-4-3-8(5-10(9)11)14(15,16)17/h3-6H,1-2H3. The van der Waals surface area contributed by atoms with Crippen LogP contribution in [0.3, 0.4) is 0 Å². The van der Waals surface area contributed by atoms with Gasteiger partial charge in [-0.2, -0.15) is 13.2 Å². The molecule has 0 spiro atoms. The zero-order chi connectivity index (χ0) is 15.8. The van der Waals surface area contributed by atoms with Crippen molar-refractivity contribution < 1.29 is 27.5 Å². The molecule has 110 valence electrons. The first kappa shape index (κ1) is 15.0. The highest BCUT2D eigenvalue weighted by Gasteiger charge is 2.31. The molecule has 0 unspecified atom stereocenters. The number of hydrogen-bond donors (Lipinski definition) is 0. The molecule has 0 bridgehead atoms. The molecular formula is C14H10F3NO3. The molecule has 0 saturated heterocycles. The van der Waals surface area contributed by atoms with E-state index >= 15 is 0 Å². The van der Waals surface area contributed by atoms with Gasteiger partial charge in [-0.3, -0.25) is 4.79 Å². The van der Waals surface area contributed by atoms with Crippen LogP contribution in [-0.4, -0.2) is 23.8 Å². The van der Waals surface area contributed by atoms with Gasteiger partial charge in [-0.15, -0.1) is 0 Å². The molecule has 0 N–H and O–H groups in total. The molecule has 21 heavy (non-hydrogen) atoms. The average molecular weight is 297 g/mol. The summed E-state index contributed by atoms with van der Waals surface area (Å²) in [6, 6.07) is 3.95. The highest BCUT2D eigenvalue weighted by molar-refractivity contribution is 6.08. The Labute approximate surface area is 117 Å². The van der Waals surface area contributed by atoms with Crippen molar-refractivity contribution in [2.24, 2.45) is 0 Å². The third kappa shape index (κ3) is 2.86. The molecule has 1 aromatic carbocycles. The quantitative estimate of drug-likeness (QED) is 0.630. The van der Waals surface area contributed by atoms with Gasteiger partial charge in [0.2, 0.25) is 0 Å². The number of alkyl halides is 3. The second-order valence-electron chi connectivity index (χ2n) is 4.33. The Kier molecular flexibility index (Phi) is 3.67. The molecular weight excluding hydrogens is 287 g/mol. The van der Waals surface area contributed by atoms with Crippen molar-refractivity contribution in [3.63, 3.8) is 0 Å². The maximum Gasteiger partial charge on any atom is 0.416 e. The molecule has 0 fully saturated rings. The topological polar surface area (TPSA) is 56.3 Å². The number of benzene rings is 1. The normalized spacial score (nSPS) is 11.5. The van der Waals surface area contributed by atoms with Crippen molar-refractivity contribution in [1.82, 2.24) is 4.98 Å². The Bertz CT molecular complexity index is 738. The summed E-state index contributed by atoms with van der Waals surface area (Å²) in [6.07, 6.45) is -4.52. The van der Waals surface area contributed by atoms with Crippen molar-refractivity contribution >= 4 is 22.7 Å². The van der Waals surface area contributed by atoms with Crippen molar-refractivity contribution in [3.05, 3.63) is 41.1 Å². The molecule has 7 heteroatoms. The van der Waals surface area contributed by atoms with E-state index in [-0.39, 0.29) is 22.2 Å². The lowest BCUT2D eigenvalue weighted by Crippen LogP contribution is -2.09. The minimum atomic E-state index is -4.52. The van der Waals surface area contributed by atoms with Gasteiger partial charge < -0.3 is 4.74 Å². The van der Waals surface area contributed by atoms with E-state index in [0.717, 1.165) is 31.4 Å². The Morgan fingerprint density at radius 1 is 1.19 bits per heavy atom. The van der Waals surface area contributed by atoms with Gasteiger partial charge >= 0.3 is 12.1 Å². The van der Waals surface area contributed by atoms with Gasteiger partial charge in [-0.05, 0) is 31.2 Å². The molecule has 0 aliphatic rings. The second-order valence-corrected chi connectivity index (χ2v) is 4.33. The van der Waals surface area contributed by atoms with Crippen LogP contribution in [0.25, 0.3) is 10.9 Å². The van der Waals surface area contributed by atoms with E-state index in [2.05, 4.69) is 9.72 Å². The zero-order valence-corrected chi connectivity index (χ0v) is 11.1. The van der Waals surface area contributed by atoms with Gasteiger partial charge in [-0.25, -0.2) is 9.78 Å². The molecule has 2 aromatic rings. The molecule has 2 rings (SSSR count). The first-order valence-corrected chi connectivity index (χ1v) is 5.85. The van der Waals surface area contributed by atoms with Crippen LogP contribution < -0.4 is 0 Å². The van der Waals surface area contributed by atoms with E-state index in [9.17, 15) is 22.8 Å². The summed E-state index contributed by atoms with van der Waals surface area (Å²) in [5.41, 5.74) is -0.900. The van der Waals surface area contributed by atoms with Gasteiger partial charge in [0.1, 0.15) is 5.69 Å². The Morgan fingerprint density at radius 2 is 1.86 bits per heavy atom. The SMILES string of the molecule is COC(=O)c1cc(C(C)=O)c2cc(C(F)(F)F)ccc2n1. The predicted octanol–water partition coefficient (Wildman–Crippen LogP) is 3.24. The van der Waals surface area contributed by atoms with E-state index in [1.807, 2.05) is 0 Å². The molecule has 1 heterocycles. The largest absolute Gasteiger partial charge is 0.464 e. The highest BCUT2D eigenvalue weighted by atomic mass is 19.4. The van der Waals surface area contributed by atoms with Crippen molar-refractivity contribution in [2.75, 3.05) is 7.11 Å². The Morgan fingerprint density at radius 3 is 2.38 bits per heavy atom. The first-order valence-electron chi connectivity index (χ1n) is 5.85. The monoisotopic (exact) mass is 297 g/mol. The van der Waals surface area contributed by atoms with Crippen LogP contribution in [0.15, 0.2) is 24.3 Å². The number of methoxy groups -OCH3 is 1. The highest BCUT2D eigenvalue weighted by Crippen LogP contribution is 2.32. The number of halogens is 3. The molecule has 4 nitrogen and oxygen atoms in total. The number of Topliss-reactive ketones (excluding diaryl/α,β-unsaturated/α-hetero) is 1. The van der Waals surface area contributed by atoms with Crippen molar-refractivity contribution in [2.45, 2.75) is 13.1 Å². The number of carbonyl (C=O) groups excluding carboxylic acids is 2. The summed E-state index contributed by atoms with van der Waals surface area (Å²) in [4.78, 5) is 27.0. The lowest BCUT2D eigenvalue weighted by Gasteiger charge is -2.10. The number of carbonyl (C=O) groups is 2. The van der Waals surface area contributed by atoms with Gasteiger partial charge in [0.05, 0.1) is 18.2 Å². The molecule has 0 saturated carbocycles. The fourth-order valence-corrected chi connectivity index (χ4v) is 1.90. The number of fused-ring (bicyclic) bond motifs is 1. The number of ketones is 1. The summed E-state index contributed by atoms with van der Waals surface area (Å²) >= 11 is 0. The zero-order valence-electron chi connectivity index (χ0n) is 11.1. The minimum Gasteiger partial charge on any atom is -0.464 e. The van der Waals surface area contributed by atoms with Crippen LogP contribution in [0.4, 0.5) is 13.2 Å². The summed E-state index contributed by atoms with van der Waals surface area (Å²) in [7, 11) is 1.15. The average Bonchev–Trinajstić information content (AvgIpc) is 2.43. The lowest BCUT2D eigenvalue weighted by atomic mass is 10.0. The van der Waals surface area contributed by atoms with Gasteiger partial charge in [0.15, 0.2) is 5.78 Å². The van der Waals surface area contributed by atoms with Gasteiger partial charge in [-0.1, -0.05) is 0 Å². The number of esters is 1. The van der Waals surface area contributed by atoms with Gasteiger partial charge in [0, 0.05) is 10.9 Å². The summed E-state index contributed by atoms with van der Waals surface area (Å²) in [5.74, 6) is -1.23. The van der Waals surface area contributed by atoms with Crippen LogP contribution >= 0.6 is 0 Å². The van der Waals surface area contributed by atoms with Crippen LogP contribution in [-0.2, 0) is 10.9 Å². The fourth-order valence-electron chi connectivity index (χ4n) is 1.90. The number of pyridine rings is 1. The smallest absolute Gasteiger partial charge is 0.416 e. The third-order valence-electron chi connectivity index (χ3n) is 2.91. The summed E-state index contributed by atoms with van der Waals surface area (Å²) < 4.78 is 42.7. The fraction of sp³-hybridized carbons (Fsp3) is 0.214. The predicted molar refractivity (Wildman–Crippen MR) is 68.1 cm³/mol. The third-order valence-corrected chi connectivity index (χ3v) is 2.91. The molecule has 0 radical (unpaired) electrons.